The van der Waals surface area contributed by atoms with E-state index in [0.29, 0.717) is 16.5 Å². The van der Waals surface area contributed by atoms with Crippen LogP contribution in [0.25, 0.3) is 10.8 Å². The van der Waals surface area contributed by atoms with Crippen molar-refractivity contribution in [2.45, 2.75) is 6.92 Å². The Hall–Kier alpha value is -3.27. The minimum Gasteiger partial charge on any atom is -0.507 e. The van der Waals surface area contributed by atoms with E-state index in [1.54, 1.807) is 18.2 Å². The van der Waals surface area contributed by atoms with Crippen molar-refractivity contribution in [3.63, 3.8) is 0 Å². The van der Waals surface area contributed by atoms with Crippen LogP contribution < -0.4 is 9.47 Å². The van der Waals surface area contributed by atoms with Gasteiger partial charge in [-0.1, -0.05) is 42.5 Å². The van der Waals surface area contributed by atoms with Crippen molar-refractivity contribution >= 4 is 16.7 Å². The van der Waals surface area contributed by atoms with Gasteiger partial charge in [0.05, 0.1) is 0 Å². The summed E-state index contributed by atoms with van der Waals surface area (Å²) >= 11 is 0. The maximum Gasteiger partial charge on any atom is 0.335 e. The van der Waals surface area contributed by atoms with E-state index in [2.05, 4.69) is 6.58 Å². The molecule has 0 heterocycles. The number of hydrogen-bond donors (Lipinski definition) is 1. The second-order valence-electron chi connectivity index (χ2n) is 5.31. The van der Waals surface area contributed by atoms with E-state index in [1.807, 2.05) is 37.3 Å². The zero-order valence-corrected chi connectivity index (χ0v) is 13.2. The van der Waals surface area contributed by atoms with E-state index in [1.165, 1.54) is 6.07 Å². The van der Waals surface area contributed by atoms with Crippen LogP contribution in [0, 0.1) is 6.92 Å². The molecule has 120 valence electrons. The van der Waals surface area contributed by atoms with Crippen LogP contribution in [0.2, 0.25) is 0 Å². The number of carbonyl (C=O) groups excluding carboxylic acids is 1. The third-order valence-corrected chi connectivity index (χ3v) is 3.53. The lowest BCUT2D eigenvalue weighted by Gasteiger charge is -2.15. The summed E-state index contributed by atoms with van der Waals surface area (Å²) in [6.45, 7) is 5.34. The van der Waals surface area contributed by atoms with Gasteiger partial charge in [0.2, 0.25) is 0 Å². The second kappa shape index (κ2) is 6.46. The summed E-state index contributed by atoms with van der Waals surface area (Å²) in [5.74, 6) is 0.527. The number of hydrogen-bond acceptors (Lipinski definition) is 4. The average Bonchev–Trinajstić information content (AvgIpc) is 2.59. The zero-order chi connectivity index (χ0) is 17.1. The molecule has 0 atom stereocenters. The molecule has 0 fully saturated rings. The van der Waals surface area contributed by atoms with Crippen molar-refractivity contribution in [3.05, 3.63) is 72.8 Å². The predicted molar refractivity (Wildman–Crippen MR) is 92.7 cm³/mol. The quantitative estimate of drug-likeness (QED) is 0.429. The normalized spacial score (nSPS) is 10.4. The van der Waals surface area contributed by atoms with Crippen molar-refractivity contribution in [1.29, 1.82) is 0 Å². The van der Waals surface area contributed by atoms with E-state index >= 15 is 0 Å². The Balaban J connectivity index is 2.19. The Morgan fingerprint density at radius 2 is 1.83 bits per heavy atom. The summed E-state index contributed by atoms with van der Waals surface area (Å²) < 4.78 is 11.2. The summed E-state index contributed by atoms with van der Waals surface area (Å²) in [6, 6.07) is 16.0. The van der Waals surface area contributed by atoms with Gasteiger partial charge in [-0.05, 0) is 25.1 Å². The second-order valence-corrected chi connectivity index (χ2v) is 5.31. The molecule has 0 aliphatic rings. The summed E-state index contributed by atoms with van der Waals surface area (Å²) in [4.78, 5) is 11.7. The number of ether oxygens (including phenoxy) is 2. The maximum absolute atomic E-state index is 11.7. The van der Waals surface area contributed by atoms with Crippen LogP contribution >= 0.6 is 0 Å². The Kier molecular flexibility index (Phi) is 4.20. The molecule has 0 aliphatic heterocycles. The average molecular weight is 320 g/mol. The van der Waals surface area contributed by atoms with Crippen LogP contribution in [0.4, 0.5) is 0 Å². The molecule has 0 radical (unpaired) electrons. The van der Waals surface area contributed by atoms with Gasteiger partial charge in [-0.2, -0.15) is 0 Å². The number of aromatic hydroxyl groups is 1. The van der Waals surface area contributed by atoms with E-state index in [4.69, 9.17) is 9.47 Å². The predicted octanol–water partition coefficient (Wildman–Crippen LogP) is 4.74. The monoisotopic (exact) mass is 320 g/mol. The minimum absolute atomic E-state index is 0.0537. The highest BCUT2D eigenvalue weighted by atomic mass is 16.6. The molecule has 0 aromatic heterocycles. The topological polar surface area (TPSA) is 55.8 Å². The van der Waals surface area contributed by atoms with E-state index in [0.717, 1.165) is 11.6 Å². The highest BCUT2D eigenvalue weighted by Gasteiger charge is 2.17. The molecule has 3 rings (SSSR count). The molecule has 1 N–H and O–H groups in total. The van der Waals surface area contributed by atoms with Gasteiger partial charge in [-0.3, -0.25) is 0 Å². The third-order valence-electron chi connectivity index (χ3n) is 3.53. The van der Waals surface area contributed by atoms with Crippen LogP contribution in [-0.2, 0) is 4.79 Å². The molecule has 0 amide bonds. The Labute approximate surface area is 139 Å². The number of fused-ring (bicyclic) bond motifs is 1. The molecule has 0 spiro atoms. The first kappa shape index (κ1) is 15.6. The number of para-hydroxylation sites is 1. The maximum atomic E-state index is 11.7. The SMILES string of the molecule is C=CC(=O)Oc1c(Oc2ccccc2)cc(O)c2cc(C)ccc12. The molecule has 0 saturated carbocycles. The molecule has 3 aromatic carbocycles. The highest BCUT2D eigenvalue weighted by molar-refractivity contribution is 5.98. The molecule has 4 nitrogen and oxygen atoms in total. The minimum atomic E-state index is -0.597. The van der Waals surface area contributed by atoms with E-state index in [9.17, 15) is 9.90 Å². The van der Waals surface area contributed by atoms with Crippen LogP contribution in [0.3, 0.4) is 0 Å². The van der Waals surface area contributed by atoms with Gasteiger partial charge in [0.1, 0.15) is 11.5 Å². The number of phenols is 1. The van der Waals surface area contributed by atoms with Gasteiger partial charge in [-0.15, -0.1) is 0 Å². The molecule has 0 aliphatic carbocycles. The van der Waals surface area contributed by atoms with E-state index < -0.39 is 5.97 Å². The fourth-order valence-electron chi connectivity index (χ4n) is 2.41. The van der Waals surface area contributed by atoms with Gasteiger partial charge >= 0.3 is 5.97 Å². The molecule has 0 unspecified atom stereocenters. The van der Waals surface area contributed by atoms with Crippen molar-refractivity contribution in [2.24, 2.45) is 0 Å². The summed E-state index contributed by atoms with van der Waals surface area (Å²) in [7, 11) is 0. The smallest absolute Gasteiger partial charge is 0.335 e. The largest absolute Gasteiger partial charge is 0.507 e. The van der Waals surface area contributed by atoms with Crippen molar-refractivity contribution in [3.8, 4) is 23.0 Å². The van der Waals surface area contributed by atoms with Crippen LogP contribution in [0.15, 0.2) is 67.3 Å². The number of phenolic OH excluding ortho intramolecular Hbond substituents is 1. The fraction of sp³-hybridized carbons (Fsp3) is 0.0500. The lowest BCUT2D eigenvalue weighted by atomic mass is 10.1. The van der Waals surface area contributed by atoms with Crippen LogP contribution in [0.5, 0.6) is 23.0 Å². The lowest BCUT2D eigenvalue weighted by Crippen LogP contribution is -2.05. The highest BCUT2D eigenvalue weighted by Crippen LogP contribution is 2.43. The van der Waals surface area contributed by atoms with Crippen molar-refractivity contribution in [1.82, 2.24) is 0 Å². The standard InChI is InChI=1S/C20H16O4/c1-3-19(22)24-20-15-10-9-13(2)11-16(15)17(21)12-18(20)23-14-7-5-4-6-8-14/h3-12,21H,1H2,2H3. The molecule has 0 saturated heterocycles. The molecule has 3 aromatic rings. The lowest BCUT2D eigenvalue weighted by molar-refractivity contribution is -0.128. The molecule has 24 heavy (non-hydrogen) atoms. The van der Waals surface area contributed by atoms with Crippen LogP contribution in [0.1, 0.15) is 5.56 Å². The summed E-state index contributed by atoms with van der Waals surface area (Å²) in [6.07, 6.45) is 1.08. The molecule has 0 bridgehead atoms. The molecule has 4 heteroatoms. The summed E-state index contributed by atoms with van der Waals surface area (Å²) in [5.41, 5.74) is 0.982. The van der Waals surface area contributed by atoms with E-state index in [-0.39, 0.29) is 17.2 Å². The molecular formula is C20H16O4. The summed E-state index contributed by atoms with van der Waals surface area (Å²) in [5, 5.41) is 11.5. The Bertz CT molecular complexity index is 914. The number of aryl methyl sites for hydroxylation is 1. The molecular weight excluding hydrogens is 304 g/mol. The van der Waals surface area contributed by atoms with Gasteiger partial charge in [0, 0.05) is 22.9 Å². The Morgan fingerprint density at radius 3 is 2.54 bits per heavy atom. The number of rotatable bonds is 4. The fourth-order valence-corrected chi connectivity index (χ4v) is 2.41. The van der Waals surface area contributed by atoms with Gasteiger partial charge < -0.3 is 14.6 Å². The number of esters is 1. The van der Waals surface area contributed by atoms with Gasteiger partial charge in [-0.25, -0.2) is 4.79 Å². The van der Waals surface area contributed by atoms with Crippen molar-refractivity contribution in [2.75, 3.05) is 0 Å². The van der Waals surface area contributed by atoms with Crippen LogP contribution in [-0.4, -0.2) is 11.1 Å². The van der Waals surface area contributed by atoms with Crippen molar-refractivity contribution < 1.29 is 19.4 Å². The first-order valence-corrected chi connectivity index (χ1v) is 7.42. The van der Waals surface area contributed by atoms with Gasteiger partial charge in [0.25, 0.3) is 0 Å². The zero-order valence-electron chi connectivity index (χ0n) is 13.2. The van der Waals surface area contributed by atoms with Gasteiger partial charge in [0.15, 0.2) is 11.5 Å². The number of carbonyl (C=O) groups is 1. The first-order chi connectivity index (χ1) is 11.6. The number of benzene rings is 3. The first-order valence-electron chi connectivity index (χ1n) is 7.42. The Morgan fingerprint density at radius 1 is 1.08 bits per heavy atom. The third kappa shape index (κ3) is 3.08.